The minimum atomic E-state index is -0.222. The molecule has 1 atom stereocenters. The van der Waals surface area contributed by atoms with Crippen LogP contribution < -0.4 is 5.73 Å². The maximum absolute atomic E-state index is 5.61. The predicted molar refractivity (Wildman–Crippen MR) is 61.2 cm³/mol. The van der Waals surface area contributed by atoms with E-state index in [9.17, 15) is 0 Å². The monoisotopic (exact) mass is 240 g/mol. The molecule has 0 unspecified atom stereocenters. The lowest BCUT2D eigenvalue weighted by Gasteiger charge is -1.94. The van der Waals surface area contributed by atoms with Crippen LogP contribution in [0.3, 0.4) is 0 Å². The average Bonchev–Trinajstić information content (AvgIpc) is 2.68. The van der Waals surface area contributed by atoms with E-state index < -0.39 is 0 Å². The Hall–Kier alpha value is -1.46. The molecule has 0 spiro atoms. The Morgan fingerprint density at radius 1 is 1.50 bits per heavy atom. The zero-order valence-corrected chi connectivity index (χ0v) is 9.65. The minimum Gasteiger partial charge on any atom is -0.338 e. The molecule has 0 fully saturated rings. The summed E-state index contributed by atoms with van der Waals surface area (Å²) in [6.07, 6.45) is 4.12. The van der Waals surface area contributed by atoms with Crippen LogP contribution in [0.25, 0.3) is 0 Å². The molecular formula is C10H13ClN4O. The lowest BCUT2D eigenvalue weighted by molar-refractivity contribution is 0.358. The molecule has 16 heavy (non-hydrogen) atoms. The lowest BCUT2D eigenvalue weighted by Crippen LogP contribution is -2.05. The Balaban J connectivity index is 0.00000128. The van der Waals surface area contributed by atoms with Crippen molar-refractivity contribution in [3.8, 4) is 0 Å². The van der Waals surface area contributed by atoms with Crippen molar-refractivity contribution in [2.75, 3.05) is 0 Å². The van der Waals surface area contributed by atoms with E-state index in [-0.39, 0.29) is 18.4 Å². The molecule has 0 aliphatic rings. The topological polar surface area (TPSA) is 77.8 Å². The quantitative estimate of drug-likeness (QED) is 0.880. The van der Waals surface area contributed by atoms with Gasteiger partial charge in [-0.15, -0.1) is 12.4 Å². The number of aromatic nitrogens is 3. The summed E-state index contributed by atoms with van der Waals surface area (Å²) < 4.78 is 4.99. The summed E-state index contributed by atoms with van der Waals surface area (Å²) >= 11 is 0. The highest BCUT2D eigenvalue weighted by atomic mass is 35.5. The molecule has 0 saturated carbocycles. The fraction of sp³-hybridized carbons (Fsp3) is 0.300. The van der Waals surface area contributed by atoms with Crippen LogP contribution in [0.2, 0.25) is 0 Å². The number of nitrogens with two attached hydrogens (primary N) is 1. The Morgan fingerprint density at radius 3 is 2.88 bits per heavy atom. The van der Waals surface area contributed by atoms with Crippen LogP contribution in [0.15, 0.2) is 29.0 Å². The minimum absolute atomic E-state index is 0. The average molecular weight is 241 g/mol. The molecule has 2 heterocycles. The number of nitrogens with zero attached hydrogens (tertiary/aromatic N) is 3. The number of pyridine rings is 1. The van der Waals surface area contributed by atoms with Gasteiger partial charge in [-0.25, -0.2) is 0 Å². The molecule has 2 N–H and O–H groups in total. The van der Waals surface area contributed by atoms with Gasteiger partial charge >= 0.3 is 0 Å². The molecule has 0 aromatic carbocycles. The first-order chi connectivity index (χ1) is 7.25. The zero-order chi connectivity index (χ0) is 10.7. The van der Waals surface area contributed by atoms with Crippen LogP contribution >= 0.6 is 12.4 Å². The Kier molecular flexibility index (Phi) is 4.39. The van der Waals surface area contributed by atoms with Crippen LogP contribution in [0.5, 0.6) is 0 Å². The molecule has 0 aliphatic heterocycles. The molecule has 2 aromatic rings. The normalized spacial score (nSPS) is 11.9. The molecule has 6 heteroatoms. The van der Waals surface area contributed by atoms with Crippen molar-refractivity contribution in [2.24, 2.45) is 5.73 Å². The summed E-state index contributed by atoms with van der Waals surface area (Å²) in [5.74, 6) is 1.10. The Morgan fingerprint density at radius 2 is 2.31 bits per heavy atom. The number of hydrogen-bond donors (Lipinski definition) is 1. The second kappa shape index (κ2) is 5.58. The molecule has 0 amide bonds. The van der Waals surface area contributed by atoms with E-state index in [4.69, 9.17) is 10.3 Å². The van der Waals surface area contributed by atoms with Gasteiger partial charge in [0.1, 0.15) is 0 Å². The Bertz CT molecular complexity index is 429. The van der Waals surface area contributed by atoms with Gasteiger partial charge in [-0.05, 0) is 18.6 Å². The third-order valence-electron chi connectivity index (χ3n) is 1.96. The van der Waals surface area contributed by atoms with Crippen molar-refractivity contribution in [3.05, 3.63) is 41.8 Å². The number of rotatable bonds is 3. The maximum atomic E-state index is 5.61. The number of halogens is 1. The van der Waals surface area contributed by atoms with E-state index in [2.05, 4.69) is 15.1 Å². The highest BCUT2D eigenvalue weighted by molar-refractivity contribution is 5.85. The molecule has 0 bridgehead atoms. The second-order valence-corrected chi connectivity index (χ2v) is 3.38. The van der Waals surface area contributed by atoms with Gasteiger partial charge in [-0.3, -0.25) is 4.98 Å². The molecule has 0 radical (unpaired) electrons. The van der Waals surface area contributed by atoms with Crippen molar-refractivity contribution < 1.29 is 4.52 Å². The molecule has 0 aliphatic carbocycles. The Labute approximate surface area is 99.5 Å². The van der Waals surface area contributed by atoms with Gasteiger partial charge in [-0.1, -0.05) is 11.2 Å². The summed E-state index contributed by atoms with van der Waals surface area (Å²) in [5.41, 5.74) is 6.66. The molecule has 2 rings (SSSR count). The van der Waals surface area contributed by atoms with Gasteiger partial charge in [0, 0.05) is 18.8 Å². The summed E-state index contributed by atoms with van der Waals surface area (Å²) in [7, 11) is 0. The third kappa shape index (κ3) is 3.01. The van der Waals surface area contributed by atoms with Crippen molar-refractivity contribution in [3.63, 3.8) is 0 Å². The number of hydrogen-bond acceptors (Lipinski definition) is 5. The van der Waals surface area contributed by atoms with Crippen LogP contribution in [0.1, 0.15) is 30.2 Å². The van der Waals surface area contributed by atoms with Gasteiger partial charge in [-0.2, -0.15) is 4.98 Å². The SMILES string of the molecule is C[C@H](N)c1nc(Cc2cccnc2)no1.Cl. The highest BCUT2D eigenvalue weighted by Gasteiger charge is 2.10. The van der Waals surface area contributed by atoms with E-state index in [1.54, 1.807) is 19.3 Å². The second-order valence-electron chi connectivity index (χ2n) is 3.38. The van der Waals surface area contributed by atoms with Gasteiger partial charge in [0.25, 0.3) is 0 Å². The fourth-order valence-corrected chi connectivity index (χ4v) is 1.21. The highest BCUT2D eigenvalue weighted by Crippen LogP contribution is 2.09. The molecule has 0 saturated heterocycles. The summed E-state index contributed by atoms with van der Waals surface area (Å²) in [6.45, 7) is 1.81. The third-order valence-corrected chi connectivity index (χ3v) is 1.96. The van der Waals surface area contributed by atoms with Crippen molar-refractivity contribution in [1.29, 1.82) is 0 Å². The molecular weight excluding hydrogens is 228 g/mol. The standard InChI is InChI=1S/C10H12N4O.ClH/c1-7(11)10-13-9(14-15-10)5-8-3-2-4-12-6-8;/h2-4,6-7H,5,11H2,1H3;1H/t7-;/m0./s1. The van der Waals surface area contributed by atoms with E-state index >= 15 is 0 Å². The fourth-order valence-electron chi connectivity index (χ4n) is 1.21. The smallest absolute Gasteiger partial charge is 0.243 e. The maximum Gasteiger partial charge on any atom is 0.243 e. The molecule has 2 aromatic heterocycles. The van der Waals surface area contributed by atoms with Crippen LogP contribution in [-0.2, 0) is 6.42 Å². The van der Waals surface area contributed by atoms with Crippen LogP contribution in [-0.4, -0.2) is 15.1 Å². The van der Waals surface area contributed by atoms with Gasteiger partial charge in [0.05, 0.1) is 6.04 Å². The first kappa shape index (κ1) is 12.6. The summed E-state index contributed by atoms with van der Waals surface area (Å²) in [6, 6.07) is 3.62. The van der Waals surface area contributed by atoms with E-state index in [0.717, 1.165) is 5.56 Å². The zero-order valence-electron chi connectivity index (χ0n) is 8.83. The summed E-state index contributed by atoms with van der Waals surface area (Å²) in [5, 5.41) is 3.84. The van der Waals surface area contributed by atoms with Crippen molar-refractivity contribution in [1.82, 2.24) is 15.1 Å². The first-order valence-corrected chi connectivity index (χ1v) is 4.72. The van der Waals surface area contributed by atoms with E-state index in [0.29, 0.717) is 18.1 Å². The van der Waals surface area contributed by atoms with E-state index in [1.807, 2.05) is 12.1 Å². The lowest BCUT2D eigenvalue weighted by atomic mass is 10.2. The molecule has 5 nitrogen and oxygen atoms in total. The first-order valence-electron chi connectivity index (χ1n) is 4.72. The largest absolute Gasteiger partial charge is 0.338 e. The van der Waals surface area contributed by atoms with Crippen molar-refractivity contribution in [2.45, 2.75) is 19.4 Å². The predicted octanol–water partition coefficient (Wildman–Crippen LogP) is 1.50. The van der Waals surface area contributed by atoms with Gasteiger partial charge < -0.3 is 10.3 Å². The molecule has 86 valence electrons. The van der Waals surface area contributed by atoms with Gasteiger partial charge in [0.2, 0.25) is 5.89 Å². The van der Waals surface area contributed by atoms with Crippen LogP contribution in [0, 0.1) is 0 Å². The van der Waals surface area contributed by atoms with Gasteiger partial charge in [0.15, 0.2) is 5.82 Å². The van der Waals surface area contributed by atoms with Crippen LogP contribution in [0.4, 0.5) is 0 Å². The summed E-state index contributed by atoms with van der Waals surface area (Å²) in [4.78, 5) is 8.19. The van der Waals surface area contributed by atoms with E-state index in [1.165, 1.54) is 0 Å². The van der Waals surface area contributed by atoms with Crippen molar-refractivity contribution >= 4 is 12.4 Å².